The van der Waals surface area contributed by atoms with E-state index < -0.39 is 39.9 Å². The number of sulfonamides is 1. The number of hydrogen-bond donors (Lipinski definition) is 3. The molecule has 13 heteroatoms. The quantitative estimate of drug-likeness (QED) is 0.403. The molecule has 0 spiro atoms. The lowest BCUT2D eigenvalue weighted by Gasteiger charge is -2.30. The number of halogens is 3. The van der Waals surface area contributed by atoms with Gasteiger partial charge in [-0.2, -0.15) is 0 Å². The van der Waals surface area contributed by atoms with Gasteiger partial charge < -0.3 is 19.9 Å². The van der Waals surface area contributed by atoms with E-state index in [0.29, 0.717) is 12.8 Å². The van der Waals surface area contributed by atoms with Crippen LogP contribution in [0.3, 0.4) is 0 Å². The topological polar surface area (TPSA) is 131 Å². The molecular weight excluding hydrogens is 493 g/mol. The number of anilines is 2. The number of ether oxygens (including phenoxy) is 2. The Morgan fingerprint density at radius 2 is 1.86 bits per heavy atom. The molecular formula is C22H23F3N2O7S. The Bertz CT molecular complexity index is 1200. The van der Waals surface area contributed by atoms with Crippen molar-refractivity contribution in [2.24, 2.45) is 11.8 Å². The Morgan fingerprint density at radius 3 is 2.43 bits per heavy atom. The SMILES string of the molecule is CCOc1cc(NC(=O)C(C(=O)O)C2CCC2)ccc1S(=O)(=O)Nc1cccc(OC(F)(F)F)c1. The van der Waals surface area contributed by atoms with Gasteiger partial charge in [0, 0.05) is 17.8 Å². The van der Waals surface area contributed by atoms with Crippen molar-refractivity contribution in [3.63, 3.8) is 0 Å². The average Bonchev–Trinajstić information content (AvgIpc) is 2.69. The van der Waals surface area contributed by atoms with Crippen molar-refractivity contribution in [1.82, 2.24) is 0 Å². The summed E-state index contributed by atoms with van der Waals surface area (Å²) in [7, 11) is -4.33. The van der Waals surface area contributed by atoms with Gasteiger partial charge in [-0.25, -0.2) is 8.42 Å². The first kappa shape index (κ1) is 26.1. The molecule has 0 bridgehead atoms. The van der Waals surface area contributed by atoms with Gasteiger partial charge in [-0.1, -0.05) is 12.5 Å². The first-order chi connectivity index (χ1) is 16.4. The van der Waals surface area contributed by atoms with E-state index in [1.165, 1.54) is 24.3 Å². The van der Waals surface area contributed by atoms with Gasteiger partial charge in [0.25, 0.3) is 10.0 Å². The molecule has 0 radical (unpaired) electrons. The highest BCUT2D eigenvalue weighted by Crippen LogP contribution is 2.35. The predicted octanol–water partition coefficient (Wildman–Crippen LogP) is 4.22. The standard InChI is InChI=1S/C22H23F3N2O7S/c1-2-33-17-12-14(26-20(28)19(21(29)30)13-5-3-6-13)9-10-18(17)35(31,32)27-15-7-4-8-16(11-15)34-22(23,24)25/h4,7-13,19,27H,2-3,5-6H2,1H3,(H,26,28)(H,29,30). The van der Waals surface area contributed by atoms with Crippen LogP contribution in [-0.2, 0) is 19.6 Å². The lowest BCUT2D eigenvalue weighted by Crippen LogP contribution is -2.38. The van der Waals surface area contributed by atoms with Gasteiger partial charge in [0.05, 0.1) is 12.3 Å². The molecule has 9 nitrogen and oxygen atoms in total. The number of alkyl halides is 3. The molecule has 1 atom stereocenters. The summed E-state index contributed by atoms with van der Waals surface area (Å²) in [5, 5.41) is 11.9. The van der Waals surface area contributed by atoms with Crippen LogP contribution in [0.15, 0.2) is 47.4 Å². The monoisotopic (exact) mass is 516 g/mol. The Hall–Kier alpha value is -3.48. The maximum atomic E-state index is 12.9. The highest BCUT2D eigenvalue weighted by atomic mass is 32.2. The largest absolute Gasteiger partial charge is 0.573 e. The van der Waals surface area contributed by atoms with Gasteiger partial charge in [-0.05, 0) is 49.9 Å². The average molecular weight is 516 g/mol. The summed E-state index contributed by atoms with van der Waals surface area (Å²) in [5.74, 6) is -4.20. The van der Waals surface area contributed by atoms with Crippen LogP contribution in [0.2, 0.25) is 0 Å². The minimum atomic E-state index is -4.95. The Morgan fingerprint density at radius 1 is 1.14 bits per heavy atom. The highest BCUT2D eigenvalue weighted by Gasteiger charge is 2.38. The second-order valence-electron chi connectivity index (χ2n) is 7.77. The van der Waals surface area contributed by atoms with Crippen molar-refractivity contribution >= 4 is 33.3 Å². The van der Waals surface area contributed by atoms with Crippen LogP contribution in [0, 0.1) is 11.8 Å². The number of carbonyl (C=O) groups excluding carboxylic acids is 1. The molecule has 2 aromatic carbocycles. The molecule has 3 rings (SSSR count). The van der Waals surface area contributed by atoms with Crippen molar-refractivity contribution in [2.45, 2.75) is 37.4 Å². The van der Waals surface area contributed by atoms with Gasteiger partial charge in [-0.15, -0.1) is 13.2 Å². The predicted molar refractivity (Wildman–Crippen MR) is 119 cm³/mol. The van der Waals surface area contributed by atoms with Crippen molar-refractivity contribution in [3.05, 3.63) is 42.5 Å². The van der Waals surface area contributed by atoms with Crippen molar-refractivity contribution in [3.8, 4) is 11.5 Å². The molecule has 1 saturated carbocycles. The fourth-order valence-electron chi connectivity index (χ4n) is 3.56. The van der Waals surface area contributed by atoms with Crippen LogP contribution in [0.4, 0.5) is 24.5 Å². The van der Waals surface area contributed by atoms with E-state index in [-0.39, 0.29) is 34.5 Å². The summed E-state index contributed by atoms with van der Waals surface area (Å²) < 4.78 is 74.6. The van der Waals surface area contributed by atoms with E-state index in [1.54, 1.807) is 6.92 Å². The third-order valence-corrected chi connectivity index (χ3v) is 6.71. The molecule has 0 aromatic heterocycles. The van der Waals surface area contributed by atoms with Crippen LogP contribution in [0.5, 0.6) is 11.5 Å². The zero-order valence-electron chi connectivity index (χ0n) is 18.5. The summed E-state index contributed by atoms with van der Waals surface area (Å²) in [5.41, 5.74) is -0.0556. The van der Waals surface area contributed by atoms with E-state index in [2.05, 4.69) is 14.8 Å². The van der Waals surface area contributed by atoms with Gasteiger partial charge in [-0.3, -0.25) is 14.3 Å². The van der Waals surface area contributed by atoms with E-state index in [9.17, 15) is 36.3 Å². The highest BCUT2D eigenvalue weighted by molar-refractivity contribution is 7.92. The van der Waals surface area contributed by atoms with Gasteiger partial charge in [0.1, 0.15) is 22.3 Å². The summed E-state index contributed by atoms with van der Waals surface area (Å²) in [6.45, 7) is 1.67. The van der Waals surface area contributed by atoms with Crippen LogP contribution in [-0.4, -0.2) is 38.4 Å². The molecule has 35 heavy (non-hydrogen) atoms. The summed E-state index contributed by atoms with van der Waals surface area (Å²) >= 11 is 0. The molecule has 1 fully saturated rings. The summed E-state index contributed by atoms with van der Waals surface area (Å²) in [4.78, 5) is 23.8. The molecule has 3 N–H and O–H groups in total. The number of benzene rings is 2. The molecule has 0 saturated heterocycles. The normalized spacial score (nSPS) is 15.0. The Labute approximate surface area is 199 Å². The number of hydrogen-bond acceptors (Lipinski definition) is 6. The maximum absolute atomic E-state index is 12.9. The number of rotatable bonds is 10. The fraction of sp³-hybridized carbons (Fsp3) is 0.364. The number of carboxylic acids is 1. The smallest absolute Gasteiger partial charge is 0.492 e. The minimum absolute atomic E-state index is 0.0641. The van der Waals surface area contributed by atoms with Crippen molar-refractivity contribution < 1.29 is 45.8 Å². The van der Waals surface area contributed by atoms with E-state index in [0.717, 1.165) is 24.6 Å². The fourth-order valence-corrected chi connectivity index (χ4v) is 4.74. The van der Waals surface area contributed by atoms with Gasteiger partial charge >= 0.3 is 12.3 Å². The number of amides is 1. The summed E-state index contributed by atoms with van der Waals surface area (Å²) in [6.07, 6.45) is -2.83. The van der Waals surface area contributed by atoms with E-state index in [4.69, 9.17) is 4.74 Å². The van der Waals surface area contributed by atoms with E-state index in [1.807, 2.05) is 0 Å². The van der Waals surface area contributed by atoms with Crippen LogP contribution < -0.4 is 19.5 Å². The summed E-state index contributed by atoms with van der Waals surface area (Å²) in [6, 6.07) is 7.94. The van der Waals surface area contributed by atoms with Crippen LogP contribution in [0.25, 0.3) is 0 Å². The van der Waals surface area contributed by atoms with Crippen LogP contribution in [0.1, 0.15) is 26.2 Å². The second-order valence-corrected chi connectivity index (χ2v) is 9.42. The number of aliphatic carboxylic acids is 1. The third-order valence-electron chi connectivity index (χ3n) is 5.29. The molecule has 0 aliphatic heterocycles. The lowest BCUT2D eigenvalue weighted by atomic mass is 9.75. The molecule has 1 unspecified atom stereocenters. The minimum Gasteiger partial charge on any atom is -0.492 e. The third kappa shape index (κ3) is 6.78. The second kappa shape index (κ2) is 10.4. The molecule has 1 amide bonds. The zero-order chi connectivity index (χ0) is 25.8. The number of nitrogens with one attached hydrogen (secondary N) is 2. The van der Waals surface area contributed by atoms with Gasteiger partial charge in [0.15, 0.2) is 0 Å². The van der Waals surface area contributed by atoms with E-state index >= 15 is 0 Å². The number of carbonyl (C=O) groups is 2. The number of carboxylic acid groups (broad SMARTS) is 1. The van der Waals surface area contributed by atoms with Crippen LogP contribution >= 0.6 is 0 Å². The molecule has 1 aliphatic rings. The first-order valence-electron chi connectivity index (χ1n) is 10.6. The molecule has 1 aliphatic carbocycles. The Balaban J connectivity index is 1.83. The molecule has 190 valence electrons. The molecule has 0 heterocycles. The first-order valence-corrected chi connectivity index (χ1v) is 12.1. The van der Waals surface area contributed by atoms with Gasteiger partial charge in [0.2, 0.25) is 5.91 Å². The maximum Gasteiger partial charge on any atom is 0.573 e. The molecule has 2 aromatic rings. The lowest BCUT2D eigenvalue weighted by molar-refractivity contribution is -0.274. The Kier molecular flexibility index (Phi) is 7.78. The van der Waals surface area contributed by atoms with Crippen molar-refractivity contribution in [2.75, 3.05) is 16.6 Å². The van der Waals surface area contributed by atoms with Crippen molar-refractivity contribution in [1.29, 1.82) is 0 Å². The zero-order valence-corrected chi connectivity index (χ0v) is 19.3.